The van der Waals surface area contributed by atoms with Gasteiger partial charge in [-0.3, -0.25) is 4.79 Å². The fraction of sp³-hybridized carbons (Fsp3) is 0.667. The summed E-state index contributed by atoms with van der Waals surface area (Å²) < 4.78 is 5.34. The zero-order valence-corrected chi connectivity index (χ0v) is 13.2. The Hall–Kier alpha value is -1.89. The molecule has 0 aliphatic carbocycles. The highest BCUT2D eigenvalue weighted by Gasteiger charge is 2.12. The molecule has 2 heterocycles. The third-order valence-electron chi connectivity index (χ3n) is 3.50. The number of morpholine rings is 1. The molecule has 1 saturated heterocycles. The van der Waals surface area contributed by atoms with Gasteiger partial charge in [0, 0.05) is 38.7 Å². The van der Waals surface area contributed by atoms with Gasteiger partial charge in [0.2, 0.25) is 5.91 Å². The zero-order valence-electron chi connectivity index (χ0n) is 13.2. The molecule has 0 spiro atoms. The normalized spacial score (nSPS) is 14.7. The quantitative estimate of drug-likeness (QED) is 0.698. The van der Waals surface area contributed by atoms with Crippen LogP contribution >= 0.6 is 0 Å². The molecule has 0 unspecified atom stereocenters. The van der Waals surface area contributed by atoms with E-state index in [1.807, 2.05) is 6.07 Å². The maximum atomic E-state index is 11.5. The summed E-state index contributed by atoms with van der Waals surface area (Å²) in [5.41, 5.74) is 0. The van der Waals surface area contributed by atoms with Gasteiger partial charge in [0.25, 0.3) is 0 Å². The topological polar surface area (TPSA) is 79.4 Å². The van der Waals surface area contributed by atoms with Gasteiger partial charge >= 0.3 is 0 Å². The molecule has 1 aromatic rings. The van der Waals surface area contributed by atoms with Crippen molar-refractivity contribution < 1.29 is 9.53 Å². The number of unbranched alkanes of at least 4 members (excludes halogenated alkanes) is 1. The third kappa shape index (κ3) is 5.48. The first-order chi connectivity index (χ1) is 10.8. The number of anilines is 2. The van der Waals surface area contributed by atoms with E-state index in [1.165, 1.54) is 0 Å². The summed E-state index contributed by atoms with van der Waals surface area (Å²) in [5, 5.41) is 6.11. The first-order valence-electron chi connectivity index (χ1n) is 7.95. The van der Waals surface area contributed by atoms with Crippen LogP contribution in [0.25, 0.3) is 0 Å². The second kappa shape index (κ2) is 9.19. The Morgan fingerprint density at radius 2 is 2.14 bits per heavy atom. The molecule has 7 nitrogen and oxygen atoms in total. The molecule has 2 rings (SSSR count). The molecular weight excluding hydrogens is 282 g/mol. The van der Waals surface area contributed by atoms with Gasteiger partial charge in [-0.15, -0.1) is 0 Å². The Bertz CT molecular complexity index is 463. The minimum absolute atomic E-state index is 0.111. The van der Waals surface area contributed by atoms with Crippen molar-refractivity contribution in [1.82, 2.24) is 15.3 Å². The number of amides is 1. The van der Waals surface area contributed by atoms with E-state index in [0.717, 1.165) is 50.8 Å². The van der Waals surface area contributed by atoms with E-state index in [4.69, 9.17) is 4.74 Å². The first-order valence-corrected chi connectivity index (χ1v) is 7.95. The van der Waals surface area contributed by atoms with Gasteiger partial charge in [0.05, 0.1) is 13.2 Å². The van der Waals surface area contributed by atoms with Crippen molar-refractivity contribution in [2.75, 3.05) is 49.6 Å². The highest BCUT2D eigenvalue weighted by Crippen LogP contribution is 2.15. The Morgan fingerprint density at radius 3 is 2.91 bits per heavy atom. The molecule has 0 atom stereocenters. The number of carbonyl (C=O) groups excluding carboxylic acids is 1. The van der Waals surface area contributed by atoms with Crippen LogP contribution in [0.2, 0.25) is 0 Å². The molecule has 7 heteroatoms. The van der Waals surface area contributed by atoms with E-state index in [0.29, 0.717) is 19.5 Å². The van der Waals surface area contributed by atoms with Gasteiger partial charge in [-0.2, -0.15) is 0 Å². The van der Waals surface area contributed by atoms with Gasteiger partial charge in [-0.25, -0.2) is 9.97 Å². The molecule has 1 aromatic heterocycles. The maximum Gasteiger partial charge on any atom is 0.220 e. The minimum Gasteiger partial charge on any atom is -0.378 e. The van der Waals surface area contributed by atoms with Gasteiger partial charge in [-0.05, 0) is 6.42 Å². The maximum absolute atomic E-state index is 11.5. The second-order valence-corrected chi connectivity index (χ2v) is 5.24. The lowest BCUT2D eigenvalue weighted by atomic mass is 10.2. The first kappa shape index (κ1) is 16.5. The summed E-state index contributed by atoms with van der Waals surface area (Å²) >= 11 is 0. The van der Waals surface area contributed by atoms with E-state index in [2.05, 4.69) is 32.4 Å². The van der Waals surface area contributed by atoms with Crippen LogP contribution in [0.3, 0.4) is 0 Å². The largest absolute Gasteiger partial charge is 0.378 e. The molecule has 0 aromatic carbocycles. The number of carbonyl (C=O) groups is 1. The Balaban J connectivity index is 1.72. The molecule has 1 aliphatic rings. The SMILES string of the molecule is CCCCC(=O)NCCNc1cc(N2CCOCC2)ncn1. The smallest absolute Gasteiger partial charge is 0.220 e. The summed E-state index contributed by atoms with van der Waals surface area (Å²) in [6.45, 7) is 6.49. The fourth-order valence-electron chi connectivity index (χ4n) is 2.23. The van der Waals surface area contributed by atoms with E-state index >= 15 is 0 Å². The number of rotatable bonds is 8. The van der Waals surface area contributed by atoms with Crippen molar-refractivity contribution in [3.63, 3.8) is 0 Å². The standard InChI is InChI=1S/C15H25N5O2/c1-2-3-4-15(21)17-6-5-16-13-11-14(19-12-18-13)20-7-9-22-10-8-20/h11-12H,2-10H2,1H3,(H,17,21)(H,16,18,19). The number of ether oxygens (including phenoxy) is 1. The Kier molecular flexibility index (Phi) is 6.89. The summed E-state index contributed by atoms with van der Waals surface area (Å²) in [7, 11) is 0. The molecule has 0 bridgehead atoms. The average Bonchev–Trinajstić information content (AvgIpc) is 2.58. The highest BCUT2D eigenvalue weighted by atomic mass is 16.5. The molecule has 2 N–H and O–H groups in total. The summed E-state index contributed by atoms with van der Waals surface area (Å²) in [6, 6.07) is 1.93. The van der Waals surface area contributed by atoms with Crippen LogP contribution in [0.5, 0.6) is 0 Å². The van der Waals surface area contributed by atoms with Crippen LogP contribution in [0.4, 0.5) is 11.6 Å². The summed E-state index contributed by atoms with van der Waals surface area (Å²) in [6.07, 6.45) is 4.14. The predicted molar refractivity (Wildman–Crippen MR) is 86.1 cm³/mol. The average molecular weight is 307 g/mol. The number of nitrogens with one attached hydrogen (secondary N) is 2. The summed E-state index contributed by atoms with van der Waals surface area (Å²) in [4.78, 5) is 22.2. The molecule has 0 radical (unpaired) electrons. The molecule has 1 fully saturated rings. The van der Waals surface area contributed by atoms with Crippen LogP contribution in [0.15, 0.2) is 12.4 Å². The third-order valence-corrected chi connectivity index (χ3v) is 3.50. The number of aromatic nitrogens is 2. The van der Waals surface area contributed by atoms with Gasteiger partial charge in [0.1, 0.15) is 18.0 Å². The van der Waals surface area contributed by atoms with Crippen molar-refractivity contribution in [1.29, 1.82) is 0 Å². The van der Waals surface area contributed by atoms with Crippen molar-refractivity contribution >= 4 is 17.5 Å². The van der Waals surface area contributed by atoms with E-state index in [1.54, 1.807) is 6.33 Å². The van der Waals surface area contributed by atoms with Crippen LogP contribution < -0.4 is 15.5 Å². The monoisotopic (exact) mass is 307 g/mol. The minimum atomic E-state index is 0.111. The molecule has 22 heavy (non-hydrogen) atoms. The Morgan fingerprint density at radius 1 is 1.32 bits per heavy atom. The van der Waals surface area contributed by atoms with E-state index in [-0.39, 0.29) is 5.91 Å². The Labute approximate surface area is 131 Å². The predicted octanol–water partition coefficient (Wildman–Crippen LogP) is 1.03. The molecule has 1 amide bonds. The molecule has 1 aliphatic heterocycles. The van der Waals surface area contributed by atoms with Crippen LogP contribution in [-0.2, 0) is 9.53 Å². The number of nitrogens with zero attached hydrogens (tertiary/aromatic N) is 3. The van der Waals surface area contributed by atoms with Crippen LogP contribution in [0.1, 0.15) is 26.2 Å². The van der Waals surface area contributed by atoms with Crippen molar-refractivity contribution in [2.45, 2.75) is 26.2 Å². The number of hydrogen-bond donors (Lipinski definition) is 2. The van der Waals surface area contributed by atoms with Gasteiger partial charge in [0.15, 0.2) is 0 Å². The fourth-order valence-corrected chi connectivity index (χ4v) is 2.23. The van der Waals surface area contributed by atoms with Crippen molar-refractivity contribution in [3.8, 4) is 0 Å². The molecular formula is C15H25N5O2. The lowest BCUT2D eigenvalue weighted by molar-refractivity contribution is -0.121. The zero-order chi connectivity index (χ0) is 15.6. The number of hydrogen-bond acceptors (Lipinski definition) is 6. The van der Waals surface area contributed by atoms with Crippen molar-refractivity contribution in [2.24, 2.45) is 0 Å². The van der Waals surface area contributed by atoms with Gasteiger partial charge in [-0.1, -0.05) is 13.3 Å². The van der Waals surface area contributed by atoms with Crippen LogP contribution in [0, 0.1) is 0 Å². The highest BCUT2D eigenvalue weighted by molar-refractivity contribution is 5.75. The molecule has 0 saturated carbocycles. The summed E-state index contributed by atoms with van der Waals surface area (Å²) in [5.74, 6) is 1.80. The molecule has 122 valence electrons. The van der Waals surface area contributed by atoms with Crippen molar-refractivity contribution in [3.05, 3.63) is 12.4 Å². The van der Waals surface area contributed by atoms with E-state index < -0.39 is 0 Å². The second-order valence-electron chi connectivity index (χ2n) is 5.24. The lowest BCUT2D eigenvalue weighted by Crippen LogP contribution is -2.36. The van der Waals surface area contributed by atoms with E-state index in [9.17, 15) is 4.79 Å². The van der Waals surface area contributed by atoms with Gasteiger partial charge < -0.3 is 20.3 Å². The van der Waals surface area contributed by atoms with Crippen LogP contribution in [-0.4, -0.2) is 55.3 Å². The lowest BCUT2D eigenvalue weighted by Gasteiger charge is -2.27.